The molecule has 0 heterocycles. The van der Waals surface area contributed by atoms with Crippen molar-refractivity contribution >= 4 is 17.6 Å². The standard InChI is InChI=1S/C13H17NO6/c1-3-9(16)11(18)5-13(20,7-14-8-15)6-12(19)10(17)4-2/h3-4,11-12,18-20H,1-2,5-7H2. The molecule has 0 aliphatic heterocycles. The van der Waals surface area contributed by atoms with Crippen LogP contribution in [-0.2, 0) is 14.4 Å². The van der Waals surface area contributed by atoms with Crippen LogP contribution in [0.25, 0.3) is 0 Å². The van der Waals surface area contributed by atoms with E-state index >= 15 is 0 Å². The first-order valence-electron chi connectivity index (χ1n) is 5.74. The molecule has 0 amide bonds. The van der Waals surface area contributed by atoms with Crippen molar-refractivity contribution in [2.45, 2.75) is 30.7 Å². The zero-order valence-corrected chi connectivity index (χ0v) is 10.9. The van der Waals surface area contributed by atoms with E-state index in [2.05, 4.69) is 18.2 Å². The molecule has 0 rings (SSSR count). The highest BCUT2D eigenvalue weighted by molar-refractivity contribution is 5.93. The van der Waals surface area contributed by atoms with Gasteiger partial charge < -0.3 is 15.3 Å². The Morgan fingerprint density at radius 1 is 1.15 bits per heavy atom. The average Bonchev–Trinajstić information content (AvgIpc) is 2.42. The predicted octanol–water partition coefficient (Wildman–Crippen LogP) is -0.935. The SMILES string of the molecule is C=CC(=O)C(O)CC(O)(CN=C=O)CC(O)C(=O)C=C. The van der Waals surface area contributed by atoms with E-state index in [4.69, 9.17) is 0 Å². The van der Waals surface area contributed by atoms with Gasteiger partial charge >= 0.3 is 0 Å². The lowest BCUT2D eigenvalue weighted by Gasteiger charge is -2.29. The molecule has 2 unspecified atom stereocenters. The van der Waals surface area contributed by atoms with Gasteiger partial charge in [-0.2, -0.15) is 0 Å². The summed E-state index contributed by atoms with van der Waals surface area (Å²) in [5, 5.41) is 29.3. The third-order valence-corrected chi connectivity index (χ3v) is 2.64. The Hall–Kier alpha value is -1.92. The molecule has 0 fully saturated rings. The summed E-state index contributed by atoms with van der Waals surface area (Å²) in [6, 6.07) is 0. The molecule has 0 radical (unpaired) electrons. The summed E-state index contributed by atoms with van der Waals surface area (Å²) in [4.78, 5) is 35.7. The van der Waals surface area contributed by atoms with Crippen molar-refractivity contribution in [2.24, 2.45) is 4.99 Å². The lowest BCUT2D eigenvalue weighted by Crippen LogP contribution is -2.43. The molecule has 0 bridgehead atoms. The lowest BCUT2D eigenvalue weighted by atomic mass is 9.87. The number of nitrogens with zero attached hydrogens (tertiary/aromatic N) is 1. The Morgan fingerprint density at radius 3 is 1.85 bits per heavy atom. The van der Waals surface area contributed by atoms with Crippen molar-refractivity contribution in [1.29, 1.82) is 0 Å². The molecule has 0 saturated carbocycles. The van der Waals surface area contributed by atoms with Gasteiger partial charge in [0.1, 0.15) is 12.2 Å². The van der Waals surface area contributed by atoms with Crippen LogP contribution >= 0.6 is 0 Å². The molecule has 0 aliphatic rings. The molecular weight excluding hydrogens is 266 g/mol. The van der Waals surface area contributed by atoms with Crippen molar-refractivity contribution in [3.8, 4) is 0 Å². The third kappa shape index (κ3) is 5.81. The normalized spacial score (nSPS) is 16.1. The summed E-state index contributed by atoms with van der Waals surface area (Å²) >= 11 is 0. The van der Waals surface area contributed by atoms with Crippen molar-refractivity contribution in [1.82, 2.24) is 0 Å². The van der Waals surface area contributed by atoms with E-state index in [9.17, 15) is 29.7 Å². The topological polar surface area (TPSA) is 124 Å². The van der Waals surface area contributed by atoms with E-state index < -0.39 is 48.8 Å². The van der Waals surface area contributed by atoms with Gasteiger partial charge in [0.05, 0.1) is 12.1 Å². The van der Waals surface area contributed by atoms with E-state index in [1.54, 1.807) is 0 Å². The second-order valence-electron chi connectivity index (χ2n) is 4.28. The van der Waals surface area contributed by atoms with Crippen LogP contribution in [-0.4, -0.2) is 57.3 Å². The van der Waals surface area contributed by atoms with Gasteiger partial charge in [-0.1, -0.05) is 13.2 Å². The van der Waals surface area contributed by atoms with Crippen LogP contribution in [0.3, 0.4) is 0 Å². The van der Waals surface area contributed by atoms with Gasteiger partial charge in [-0.3, -0.25) is 9.59 Å². The van der Waals surface area contributed by atoms with Crippen molar-refractivity contribution in [3.05, 3.63) is 25.3 Å². The fourth-order valence-electron chi connectivity index (χ4n) is 1.58. The summed E-state index contributed by atoms with van der Waals surface area (Å²) in [5.41, 5.74) is -1.91. The Balaban J connectivity index is 5.03. The summed E-state index contributed by atoms with van der Waals surface area (Å²) in [6.07, 6.45) is -1.23. The van der Waals surface area contributed by atoms with Gasteiger partial charge in [0, 0.05) is 12.8 Å². The number of rotatable bonds is 10. The Labute approximate surface area is 116 Å². The maximum Gasteiger partial charge on any atom is 0.235 e. The molecule has 7 heteroatoms. The number of hydrogen-bond donors (Lipinski definition) is 3. The van der Waals surface area contributed by atoms with E-state index in [0.29, 0.717) is 0 Å². The van der Waals surface area contributed by atoms with E-state index in [0.717, 1.165) is 12.2 Å². The molecule has 0 aliphatic carbocycles. The highest BCUT2D eigenvalue weighted by Gasteiger charge is 2.35. The maximum absolute atomic E-state index is 11.2. The monoisotopic (exact) mass is 283 g/mol. The maximum atomic E-state index is 11.2. The summed E-state index contributed by atoms with van der Waals surface area (Å²) in [7, 11) is 0. The number of carbonyl (C=O) groups excluding carboxylic acids is 3. The van der Waals surface area contributed by atoms with Gasteiger partial charge in [0.25, 0.3) is 0 Å². The average molecular weight is 283 g/mol. The minimum absolute atomic E-state index is 0.509. The number of ketones is 2. The minimum Gasteiger partial charge on any atom is -0.388 e. The van der Waals surface area contributed by atoms with Crippen LogP contribution in [0.1, 0.15) is 12.8 Å². The minimum atomic E-state index is -1.91. The summed E-state index contributed by atoms with van der Waals surface area (Å²) < 4.78 is 0. The van der Waals surface area contributed by atoms with Gasteiger partial charge in [0.2, 0.25) is 6.08 Å². The first-order valence-corrected chi connectivity index (χ1v) is 5.74. The van der Waals surface area contributed by atoms with E-state index in [1.165, 1.54) is 6.08 Å². The third-order valence-electron chi connectivity index (χ3n) is 2.64. The van der Waals surface area contributed by atoms with Gasteiger partial charge in [-0.25, -0.2) is 9.79 Å². The Bertz CT molecular complexity index is 410. The van der Waals surface area contributed by atoms with Gasteiger partial charge in [-0.15, -0.1) is 0 Å². The second-order valence-corrected chi connectivity index (χ2v) is 4.28. The molecule has 20 heavy (non-hydrogen) atoms. The molecular formula is C13H17NO6. The quantitative estimate of drug-likeness (QED) is 0.270. The zero-order chi connectivity index (χ0) is 15.8. The van der Waals surface area contributed by atoms with Crippen molar-refractivity contribution < 1.29 is 29.7 Å². The number of aliphatic imine (C=N–C) groups is 1. The van der Waals surface area contributed by atoms with Crippen LogP contribution in [0.2, 0.25) is 0 Å². The number of aliphatic hydroxyl groups is 3. The van der Waals surface area contributed by atoms with Crippen LogP contribution < -0.4 is 0 Å². The molecule has 0 aromatic rings. The number of isocyanates is 1. The molecule has 110 valence electrons. The zero-order valence-electron chi connectivity index (χ0n) is 10.9. The van der Waals surface area contributed by atoms with Crippen LogP contribution in [0, 0.1) is 0 Å². The molecule has 0 aromatic carbocycles. The van der Waals surface area contributed by atoms with Crippen molar-refractivity contribution in [3.63, 3.8) is 0 Å². The fraction of sp³-hybridized carbons (Fsp3) is 0.462. The largest absolute Gasteiger partial charge is 0.388 e. The van der Waals surface area contributed by atoms with Gasteiger partial charge in [0.15, 0.2) is 11.6 Å². The molecule has 2 atom stereocenters. The van der Waals surface area contributed by atoms with Crippen molar-refractivity contribution in [2.75, 3.05) is 6.54 Å². The lowest BCUT2D eigenvalue weighted by molar-refractivity contribution is -0.130. The highest BCUT2D eigenvalue weighted by Crippen LogP contribution is 2.21. The molecule has 0 spiro atoms. The fourth-order valence-corrected chi connectivity index (χ4v) is 1.58. The summed E-state index contributed by atoms with van der Waals surface area (Å²) in [6.45, 7) is 5.85. The Morgan fingerprint density at radius 2 is 1.55 bits per heavy atom. The molecule has 0 saturated heterocycles. The van der Waals surface area contributed by atoms with Crippen LogP contribution in [0.15, 0.2) is 30.3 Å². The molecule has 0 aromatic heterocycles. The second kappa shape index (κ2) is 8.29. The van der Waals surface area contributed by atoms with E-state index in [1.807, 2.05) is 0 Å². The van der Waals surface area contributed by atoms with Crippen LogP contribution in [0.5, 0.6) is 0 Å². The predicted molar refractivity (Wildman–Crippen MR) is 69.6 cm³/mol. The number of hydrogen-bond acceptors (Lipinski definition) is 7. The summed E-state index contributed by atoms with van der Waals surface area (Å²) in [5.74, 6) is -1.47. The van der Waals surface area contributed by atoms with Gasteiger partial charge in [-0.05, 0) is 12.2 Å². The number of carbonyl (C=O) groups is 2. The first kappa shape index (κ1) is 18.1. The Kier molecular flexibility index (Phi) is 7.49. The van der Waals surface area contributed by atoms with E-state index in [-0.39, 0.29) is 0 Å². The number of aliphatic hydroxyl groups excluding tert-OH is 2. The molecule has 3 N–H and O–H groups in total. The molecule has 7 nitrogen and oxygen atoms in total. The smallest absolute Gasteiger partial charge is 0.235 e. The van der Waals surface area contributed by atoms with Crippen LogP contribution in [0.4, 0.5) is 0 Å². The highest BCUT2D eigenvalue weighted by atomic mass is 16.3. The first-order chi connectivity index (χ1) is 9.29.